The van der Waals surface area contributed by atoms with Crippen LogP contribution in [0.3, 0.4) is 0 Å². The Labute approximate surface area is 233 Å². The first-order valence-corrected chi connectivity index (χ1v) is 14.7. The molecular weight excluding hydrogens is 541 g/mol. The van der Waals surface area contributed by atoms with E-state index in [1.807, 2.05) is 12.1 Å². The van der Waals surface area contributed by atoms with Crippen LogP contribution in [0, 0.1) is 0 Å². The van der Waals surface area contributed by atoms with Crippen molar-refractivity contribution in [2.24, 2.45) is 0 Å². The summed E-state index contributed by atoms with van der Waals surface area (Å²) in [5.74, 6) is 0.873. The van der Waals surface area contributed by atoms with Gasteiger partial charge in [-0.3, -0.25) is 0 Å². The van der Waals surface area contributed by atoms with Crippen LogP contribution >= 0.6 is 7.26 Å². The zero-order valence-corrected chi connectivity index (χ0v) is 24.2. The second-order valence-corrected chi connectivity index (χ2v) is 13.0. The summed E-state index contributed by atoms with van der Waals surface area (Å²) in [6, 6.07) is 40.2. The van der Waals surface area contributed by atoms with E-state index in [0.717, 1.165) is 25.1 Å². The number of ether oxygens (including phenoxy) is 1. The van der Waals surface area contributed by atoms with Gasteiger partial charge >= 0.3 is 0 Å². The topological polar surface area (TPSA) is 32.7 Å². The van der Waals surface area contributed by atoms with Crippen LogP contribution in [0.2, 0.25) is 0 Å². The molecule has 4 aromatic carbocycles. The molecule has 0 aromatic heterocycles. The smallest absolute Gasteiger partial charge is 0.123 e. The van der Waals surface area contributed by atoms with Crippen molar-refractivity contribution in [3.05, 3.63) is 121 Å². The van der Waals surface area contributed by atoms with Crippen molar-refractivity contribution < 1.29 is 26.8 Å². The normalized spacial score (nSPS) is 12.1. The maximum Gasteiger partial charge on any atom is 0.123 e. The number of nitrogens with zero attached hydrogens (tertiary/aromatic N) is 1. The highest BCUT2D eigenvalue weighted by molar-refractivity contribution is 7.95. The van der Waals surface area contributed by atoms with Gasteiger partial charge in [0.2, 0.25) is 0 Å². The van der Waals surface area contributed by atoms with Crippen molar-refractivity contribution in [1.29, 1.82) is 0 Å². The van der Waals surface area contributed by atoms with Crippen molar-refractivity contribution in [2.75, 3.05) is 33.4 Å². The van der Waals surface area contributed by atoms with Gasteiger partial charge in [-0.2, -0.15) is 0 Å². The number of para-hydroxylation sites is 1. The quantitative estimate of drug-likeness (QED) is 0.261. The van der Waals surface area contributed by atoms with Gasteiger partial charge in [0.15, 0.2) is 0 Å². The fraction of sp³-hybridized carbons (Fsp3) is 0.250. The lowest BCUT2D eigenvalue weighted by atomic mass is 10.1. The SMILES string of the molecule is CN(C)CCCc1ccccc1OCC(O)C[P+](c1ccccc1)(c1ccccc1)c1ccccc1.[Br-]. The highest BCUT2D eigenvalue weighted by Gasteiger charge is 2.46. The molecule has 1 N–H and O–H groups in total. The Morgan fingerprint density at radius 1 is 0.703 bits per heavy atom. The molecule has 1 atom stereocenters. The van der Waals surface area contributed by atoms with Crippen LogP contribution in [-0.4, -0.2) is 49.5 Å². The molecule has 194 valence electrons. The van der Waals surface area contributed by atoms with Crippen LogP contribution in [0.25, 0.3) is 0 Å². The average molecular weight is 579 g/mol. The van der Waals surface area contributed by atoms with Crippen molar-refractivity contribution in [2.45, 2.75) is 18.9 Å². The monoisotopic (exact) mass is 577 g/mol. The lowest BCUT2D eigenvalue weighted by molar-refractivity contribution is -0.00000915. The van der Waals surface area contributed by atoms with Gasteiger partial charge < -0.3 is 31.7 Å². The molecule has 0 amide bonds. The zero-order valence-electron chi connectivity index (χ0n) is 21.7. The minimum atomic E-state index is -2.11. The highest BCUT2D eigenvalue weighted by Crippen LogP contribution is 2.55. The summed E-state index contributed by atoms with van der Waals surface area (Å²) in [5.41, 5.74) is 1.20. The molecule has 0 aliphatic rings. The number of halogens is 1. The summed E-state index contributed by atoms with van der Waals surface area (Å²) in [5, 5.41) is 15.3. The number of benzene rings is 4. The number of aliphatic hydroxyl groups is 1. The van der Waals surface area contributed by atoms with Crippen LogP contribution in [0.4, 0.5) is 0 Å². The minimum Gasteiger partial charge on any atom is -1.00 e. The number of hydrogen-bond donors (Lipinski definition) is 1. The predicted octanol–water partition coefficient (Wildman–Crippen LogP) is 1.92. The molecule has 0 spiro atoms. The van der Waals surface area contributed by atoms with E-state index >= 15 is 0 Å². The zero-order chi connectivity index (χ0) is 25.2. The van der Waals surface area contributed by atoms with Crippen molar-refractivity contribution in [1.82, 2.24) is 4.90 Å². The number of aliphatic hydroxyl groups excluding tert-OH is 1. The Morgan fingerprint density at radius 2 is 1.16 bits per heavy atom. The van der Waals surface area contributed by atoms with E-state index in [9.17, 15) is 5.11 Å². The van der Waals surface area contributed by atoms with E-state index in [0.29, 0.717) is 6.16 Å². The first kappa shape index (κ1) is 29.1. The van der Waals surface area contributed by atoms with Gasteiger partial charge in [-0.1, -0.05) is 72.8 Å². The van der Waals surface area contributed by atoms with E-state index in [-0.39, 0.29) is 23.6 Å². The summed E-state index contributed by atoms with van der Waals surface area (Å²) in [4.78, 5) is 2.20. The Bertz CT molecular complexity index is 1090. The summed E-state index contributed by atoms with van der Waals surface area (Å²) in [7, 11) is 2.09. The Kier molecular flexibility index (Phi) is 11.4. The predicted molar refractivity (Wildman–Crippen MR) is 155 cm³/mol. The molecule has 4 aromatic rings. The van der Waals surface area contributed by atoms with E-state index in [1.54, 1.807) is 0 Å². The molecule has 5 heteroatoms. The molecule has 0 heterocycles. The largest absolute Gasteiger partial charge is 1.00 e. The molecule has 0 saturated carbocycles. The standard InChI is InChI=1S/C32H37NO2P.BrH/c1-33(2)24-14-16-27-15-12-13-23-32(27)35-25-28(34)26-36(29-17-6-3-7-18-29,30-19-8-4-9-20-30)31-21-10-5-11-22-31;/h3-13,15,17-23,28,34H,14,16,24-26H2,1-2H3;1H/q+1;/p-1. The molecule has 4 rings (SSSR count). The fourth-order valence-corrected chi connectivity index (χ4v) is 9.11. The van der Waals surface area contributed by atoms with E-state index in [4.69, 9.17) is 4.74 Å². The molecule has 0 radical (unpaired) electrons. The van der Waals surface area contributed by atoms with Crippen molar-refractivity contribution in [3.8, 4) is 5.75 Å². The van der Waals surface area contributed by atoms with E-state index in [1.165, 1.54) is 21.5 Å². The number of aryl methyl sites for hydroxylation is 1. The molecular formula is C32H37BrNO2P. The molecule has 0 aliphatic heterocycles. The van der Waals surface area contributed by atoms with Crippen LogP contribution in [0.15, 0.2) is 115 Å². The van der Waals surface area contributed by atoms with Crippen LogP contribution < -0.4 is 37.6 Å². The lowest BCUT2D eigenvalue weighted by Gasteiger charge is -2.29. The van der Waals surface area contributed by atoms with E-state index < -0.39 is 13.4 Å². The molecule has 37 heavy (non-hydrogen) atoms. The summed E-state index contributed by atoms with van der Waals surface area (Å²) >= 11 is 0. The summed E-state index contributed by atoms with van der Waals surface area (Å²) < 4.78 is 6.26. The maximum atomic E-state index is 11.5. The van der Waals surface area contributed by atoms with Gasteiger partial charge in [-0.05, 0) is 81.5 Å². The van der Waals surface area contributed by atoms with Crippen molar-refractivity contribution >= 4 is 23.2 Å². The third-order valence-electron chi connectivity index (χ3n) is 6.53. The molecule has 1 unspecified atom stereocenters. The molecule has 0 bridgehead atoms. The minimum absolute atomic E-state index is 0. The van der Waals surface area contributed by atoms with Gasteiger partial charge in [0.05, 0.1) is 0 Å². The second kappa shape index (κ2) is 14.4. The highest BCUT2D eigenvalue weighted by atomic mass is 79.9. The van der Waals surface area contributed by atoms with Crippen LogP contribution in [-0.2, 0) is 6.42 Å². The fourth-order valence-electron chi connectivity index (χ4n) is 4.80. The third-order valence-corrected chi connectivity index (χ3v) is 11.0. The van der Waals surface area contributed by atoms with Crippen LogP contribution in [0.5, 0.6) is 5.75 Å². The van der Waals surface area contributed by atoms with Gasteiger partial charge in [0, 0.05) is 0 Å². The molecule has 0 fully saturated rings. The summed E-state index contributed by atoms with van der Waals surface area (Å²) in [6.07, 6.45) is 2.03. The van der Waals surface area contributed by atoms with Gasteiger partial charge in [0.25, 0.3) is 0 Å². The second-order valence-electron chi connectivity index (χ2n) is 9.48. The summed E-state index contributed by atoms with van der Waals surface area (Å²) in [6.45, 7) is 1.30. The maximum absolute atomic E-state index is 11.5. The number of rotatable bonds is 12. The van der Waals surface area contributed by atoms with Crippen LogP contribution in [0.1, 0.15) is 12.0 Å². The molecule has 0 saturated heterocycles. The number of hydrogen-bond acceptors (Lipinski definition) is 3. The first-order valence-electron chi connectivity index (χ1n) is 12.7. The van der Waals surface area contributed by atoms with Gasteiger partial charge in [-0.15, -0.1) is 0 Å². The first-order chi connectivity index (χ1) is 17.6. The molecule has 0 aliphatic carbocycles. The van der Waals surface area contributed by atoms with Gasteiger partial charge in [-0.25, -0.2) is 0 Å². The van der Waals surface area contributed by atoms with E-state index in [2.05, 4.69) is 122 Å². The Hall–Kier alpha value is -2.49. The van der Waals surface area contributed by atoms with Gasteiger partial charge in [0.1, 0.15) is 47.8 Å². The lowest BCUT2D eigenvalue weighted by Crippen LogP contribution is -3.00. The van der Waals surface area contributed by atoms with Crippen molar-refractivity contribution in [3.63, 3.8) is 0 Å². The Balaban J connectivity index is 0.00000380. The average Bonchev–Trinajstić information content (AvgIpc) is 2.92. The molecule has 3 nitrogen and oxygen atoms in total. The Morgan fingerprint density at radius 3 is 1.65 bits per heavy atom. The third kappa shape index (κ3) is 7.52.